The summed E-state index contributed by atoms with van der Waals surface area (Å²) in [6.07, 6.45) is 0. The van der Waals surface area contributed by atoms with E-state index >= 15 is 0 Å². The van der Waals surface area contributed by atoms with Crippen LogP contribution in [0.2, 0.25) is 0 Å². The Kier molecular flexibility index (Phi) is 10.3. The summed E-state index contributed by atoms with van der Waals surface area (Å²) in [5, 5.41) is 0. The van der Waals surface area contributed by atoms with E-state index in [0.717, 1.165) is 33.4 Å². The number of hydrogen-bond donors (Lipinski definition) is 0. The minimum absolute atomic E-state index is 0.670. The molecule has 0 radical (unpaired) electrons. The van der Waals surface area contributed by atoms with Crippen LogP contribution in [0, 0.1) is 0 Å². The molecule has 6 heteroatoms. The van der Waals surface area contributed by atoms with Crippen molar-refractivity contribution in [2.75, 3.05) is 28.4 Å². The molecule has 6 aromatic rings. The van der Waals surface area contributed by atoms with E-state index in [1.807, 2.05) is 24.3 Å². The molecule has 0 fully saturated rings. The molecule has 0 amide bonds. The van der Waals surface area contributed by atoms with E-state index in [2.05, 4.69) is 133 Å². The van der Waals surface area contributed by atoms with E-state index < -0.39 is 9.49 Å². The van der Waals surface area contributed by atoms with Crippen LogP contribution in [0.5, 0.6) is 23.0 Å². The molecule has 0 aliphatic carbocycles. The third kappa shape index (κ3) is 5.91. The predicted octanol–water partition coefficient (Wildman–Crippen LogP) is 10.4. The van der Waals surface area contributed by atoms with Crippen molar-refractivity contribution in [2.45, 2.75) is 9.49 Å². The summed E-state index contributed by atoms with van der Waals surface area (Å²) in [5.41, 5.74) is 6.38. The van der Waals surface area contributed by atoms with Crippen LogP contribution in [-0.4, -0.2) is 28.4 Å². The van der Waals surface area contributed by atoms with Gasteiger partial charge in [0.1, 0.15) is 9.49 Å². The van der Waals surface area contributed by atoms with Crippen LogP contribution >= 0.6 is 21.6 Å². The van der Waals surface area contributed by atoms with Crippen molar-refractivity contribution < 1.29 is 18.9 Å². The fraction of sp³-hybridized carbons (Fsp3) is 0.143. The number of para-hydroxylation sites is 2. The monoisotopic (exact) mass is 670 g/mol. The Balaban J connectivity index is 1.71. The van der Waals surface area contributed by atoms with Gasteiger partial charge < -0.3 is 18.9 Å². The molecule has 0 aliphatic rings. The normalized spacial score (nSPS) is 11.5. The Morgan fingerprint density at radius 2 is 0.625 bits per heavy atom. The lowest BCUT2D eigenvalue weighted by molar-refractivity contribution is 0.350. The van der Waals surface area contributed by atoms with Gasteiger partial charge in [-0.1, -0.05) is 167 Å². The first-order valence-electron chi connectivity index (χ1n) is 15.7. The summed E-state index contributed by atoms with van der Waals surface area (Å²) in [6, 6.07) is 54.8. The summed E-state index contributed by atoms with van der Waals surface area (Å²) in [5.74, 6) is 2.71. The minimum atomic E-state index is -0.756. The molecule has 242 valence electrons. The van der Waals surface area contributed by atoms with E-state index in [1.54, 1.807) is 50.0 Å². The highest BCUT2D eigenvalue weighted by molar-refractivity contribution is 8.77. The summed E-state index contributed by atoms with van der Waals surface area (Å²) >= 11 is 0. The average molecular weight is 671 g/mol. The van der Waals surface area contributed by atoms with Crippen molar-refractivity contribution in [3.63, 3.8) is 0 Å². The molecule has 0 aromatic heterocycles. The van der Waals surface area contributed by atoms with Gasteiger partial charge in [0.25, 0.3) is 0 Å². The topological polar surface area (TPSA) is 36.9 Å². The van der Waals surface area contributed by atoms with Gasteiger partial charge in [-0.25, -0.2) is 0 Å². The zero-order valence-corrected chi connectivity index (χ0v) is 29.1. The standard InChI is InChI=1S/C42H38O4S2/c1-43-37-29-17-27-35(39(37)45-3)41(31-19-9-5-10-20-31,32-21-11-6-12-22-32)47-48-42(33-23-13-7-14-24-33,34-25-15-8-16-26-34)36-28-18-30-38(44-2)40(36)46-4/h5-30H,1-4H3. The van der Waals surface area contributed by atoms with Gasteiger partial charge in [0.15, 0.2) is 23.0 Å². The third-order valence-electron chi connectivity index (χ3n) is 8.58. The Labute approximate surface area is 291 Å². The quantitative estimate of drug-likeness (QED) is 0.0899. The van der Waals surface area contributed by atoms with E-state index in [-0.39, 0.29) is 0 Å². The zero-order chi connectivity index (χ0) is 33.4. The molecule has 48 heavy (non-hydrogen) atoms. The number of ether oxygens (including phenoxy) is 4. The molecule has 0 N–H and O–H groups in total. The van der Waals surface area contributed by atoms with Gasteiger partial charge in [-0.2, -0.15) is 0 Å². The highest BCUT2D eigenvalue weighted by atomic mass is 33.1. The second-order valence-electron chi connectivity index (χ2n) is 11.1. The minimum Gasteiger partial charge on any atom is -0.493 e. The Bertz CT molecular complexity index is 1700. The van der Waals surface area contributed by atoms with Gasteiger partial charge in [0.05, 0.1) is 28.4 Å². The molecule has 0 unspecified atom stereocenters. The molecule has 0 atom stereocenters. The molecule has 0 spiro atoms. The van der Waals surface area contributed by atoms with Gasteiger partial charge in [-0.05, 0) is 34.4 Å². The maximum Gasteiger partial charge on any atom is 0.166 e. The molecule has 6 rings (SSSR count). The van der Waals surface area contributed by atoms with Gasteiger partial charge in [0.2, 0.25) is 0 Å². The van der Waals surface area contributed by atoms with E-state index in [9.17, 15) is 0 Å². The van der Waals surface area contributed by atoms with Gasteiger partial charge in [-0.3, -0.25) is 0 Å². The van der Waals surface area contributed by atoms with Crippen LogP contribution in [0.1, 0.15) is 33.4 Å². The van der Waals surface area contributed by atoms with Crippen molar-refractivity contribution >= 4 is 21.6 Å². The Morgan fingerprint density at radius 3 is 0.875 bits per heavy atom. The first kappa shape index (κ1) is 33.1. The summed E-state index contributed by atoms with van der Waals surface area (Å²) < 4.78 is 22.6. The lowest BCUT2D eigenvalue weighted by Crippen LogP contribution is -2.30. The Hall–Kier alpha value is -4.78. The van der Waals surface area contributed by atoms with Crippen LogP contribution in [-0.2, 0) is 9.49 Å². The molecule has 4 nitrogen and oxygen atoms in total. The first-order chi connectivity index (χ1) is 23.6. The highest BCUT2D eigenvalue weighted by Crippen LogP contribution is 2.65. The van der Waals surface area contributed by atoms with Gasteiger partial charge in [0, 0.05) is 11.1 Å². The zero-order valence-electron chi connectivity index (χ0n) is 27.5. The SMILES string of the molecule is COc1cccc(C(SSC(c2ccccc2)(c2ccccc2)c2cccc(OC)c2OC)(c2ccccc2)c2ccccc2)c1OC. The van der Waals surface area contributed by atoms with E-state index in [1.165, 1.54) is 0 Å². The van der Waals surface area contributed by atoms with Crippen LogP contribution < -0.4 is 18.9 Å². The molecule has 0 bridgehead atoms. The van der Waals surface area contributed by atoms with Gasteiger partial charge in [-0.15, -0.1) is 0 Å². The van der Waals surface area contributed by atoms with Crippen molar-refractivity contribution in [1.29, 1.82) is 0 Å². The molecule has 0 aliphatic heterocycles. The van der Waals surface area contributed by atoms with Crippen molar-refractivity contribution in [1.82, 2.24) is 0 Å². The molecule has 0 saturated carbocycles. The average Bonchev–Trinajstić information content (AvgIpc) is 3.17. The lowest BCUT2D eigenvalue weighted by atomic mass is 9.83. The highest BCUT2D eigenvalue weighted by Gasteiger charge is 2.47. The predicted molar refractivity (Wildman–Crippen MR) is 200 cm³/mol. The number of benzene rings is 6. The van der Waals surface area contributed by atoms with Crippen molar-refractivity contribution in [2.24, 2.45) is 0 Å². The fourth-order valence-electron chi connectivity index (χ4n) is 6.38. The Morgan fingerprint density at radius 1 is 0.333 bits per heavy atom. The first-order valence-corrected chi connectivity index (χ1v) is 17.8. The largest absolute Gasteiger partial charge is 0.493 e. The molecule has 0 saturated heterocycles. The van der Waals surface area contributed by atoms with Crippen molar-refractivity contribution in [3.8, 4) is 23.0 Å². The van der Waals surface area contributed by atoms with Crippen LogP contribution in [0.15, 0.2) is 158 Å². The maximum atomic E-state index is 6.18. The molecule has 0 heterocycles. The molecule has 6 aromatic carbocycles. The summed E-state index contributed by atoms with van der Waals surface area (Å²) in [7, 11) is 10.4. The van der Waals surface area contributed by atoms with E-state index in [4.69, 9.17) is 18.9 Å². The van der Waals surface area contributed by atoms with Gasteiger partial charge >= 0.3 is 0 Å². The summed E-state index contributed by atoms with van der Waals surface area (Å²) in [6.45, 7) is 0. The number of rotatable bonds is 13. The van der Waals surface area contributed by atoms with Crippen LogP contribution in [0.3, 0.4) is 0 Å². The number of methoxy groups -OCH3 is 4. The third-order valence-corrected chi connectivity index (χ3v) is 12.3. The lowest BCUT2D eigenvalue weighted by Gasteiger charge is -2.41. The second kappa shape index (κ2) is 15.0. The smallest absolute Gasteiger partial charge is 0.166 e. The van der Waals surface area contributed by atoms with Crippen LogP contribution in [0.25, 0.3) is 0 Å². The van der Waals surface area contributed by atoms with Crippen LogP contribution in [0.4, 0.5) is 0 Å². The van der Waals surface area contributed by atoms with E-state index in [0.29, 0.717) is 23.0 Å². The fourth-order valence-corrected chi connectivity index (χ4v) is 10.5. The second-order valence-corrected chi connectivity index (χ2v) is 13.6. The molecular formula is C42H38O4S2. The summed E-state index contributed by atoms with van der Waals surface area (Å²) in [4.78, 5) is 0. The maximum absolute atomic E-state index is 6.18. The molecular weight excluding hydrogens is 633 g/mol. The number of hydrogen-bond acceptors (Lipinski definition) is 6. The van der Waals surface area contributed by atoms with Crippen molar-refractivity contribution in [3.05, 3.63) is 191 Å².